The Kier molecular flexibility index (Phi) is 2.95. The molecule has 0 aliphatic rings. The number of carbonyl (C=O) groups excluding carboxylic acids is 1. The zero-order chi connectivity index (χ0) is 9.14. The smallest absolute Gasteiger partial charge is 0.251 e. The van der Waals surface area contributed by atoms with Gasteiger partial charge in [0.25, 0.3) is 5.91 Å². The third kappa shape index (κ3) is 1.90. The predicted octanol–water partition coefficient (Wildman–Crippen LogP) is 2.35. The van der Waals surface area contributed by atoms with Crippen LogP contribution in [0.5, 0.6) is 0 Å². The lowest BCUT2D eigenvalue weighted by molar-refractivity contribution is 0.0963. The highest BCUT2D eigenvalue weighted by atomic mass is 35.5. The summed E-state index contributed by atoms with van der Waals surface area (Å²) < 4.78 is 0. The second-order valence-electron chi connectivity index (χ2n) is 2.21. The van der Waals surface area contributed by atoms with Gasteiger partial charge >= 0.3 is 0 Å². The van der Waals surface area contributed by atoms with Gasteiger partial charge in [0.1, 0.15) is 0 Å². The number of hydrogen-bond acceptors (Lipinski definition) is 1. The second-order valence-corrected chi connectivity index (χ2v) is 3.02. The molecule has 1 rings (SSSR count). The summed E-state index contributed by atoms with van der Waals surface area (Å²) >= 11 is 11.4. The Morgan fingerprint density at radius 1 is 1.33 bits per heavy atom. The van der Waals surface area contributed by atoms with Gasteiger partial charge in [-0.15, -0.1) is 0 Å². The molecule has 1 N–H and O–H groups in total. The quantitative estimate of drug-likeness (QED) is 0.747. The van der Waals surface area contributed by atoms with E-state index in [1.54, 1.807) is 19.2 Å². The maximum absolute atomic E-state index is 11.1. The first kappa shape index (κ1) is 9.36. The number of carbonyl (C=O) groups is 1. The highest BCUT2D eigenvalue weighted by Crippen LogP contribution is 2.22. The van der Waals surface area contributed by atoms with Gasteiger partial charge in [-0.2, -0.15) is 0 Å². The van der Waals surface area contributed by atoms with E-state index in [9.17, 15) is 4.79 Å². The van der Waals surface area contributed by atoms with Crippen LogP contribution in [0.4, 0.5) is 0 Å². The molecule has 0 saturated carbocycles. The molecule has 0 unspecified atom stereocenters. The summed E-state index contributed by atoms with van der Waals surface area (Å²) in [5, 5.41) is 3.32. The first-order valence-electron chi connectivity index (χ1n) is 3.32. The van der Waals surface area contributed by atoms with E-state index in [1.807, 2.05) is 0 Å². The molecule has 0 atom stereocenters. The van der Waals surface area contributed by atoms with Crippen LogP contribution in [0.25, 0.3) is 0 Å². The number of nitrogens with one attached hydrogen (secondary N) is 1. The molecular weight excluding hydrogens is 197 g/mol. The second kappa shape index (κ2) is 3.78. The number of rotatable bonds is 1. The van der Waals surface area contributed by atoms with Crippen molar-refractivity contribution in [1.29, 1.82) is 0 Å². The van der Waals surface area contributed by atoms with Gasteiger partial charge in [-0.05, 0) is 18.2 Å². The molecule has 0 aliphatic carbocycles. The van der Waals surface area contributed by atoms with Crippen LogP contribution >= 0.6 is 23.2 Å². The summed E-state index contributed by atoms with van der Waals surface area (Å²) in [6, 6.07) is 4.74. The summed E-state index contributed by atoms with van der Waals surface area (Å²) in [6.45, 7) is 0. The van der Waals surface area contributed by atoms with Crippen molar-refractivity contribution in [1.82, 2.24) is 5.32 Å². The van der Waals surface area contributed by atoms with Gasteiger partial charge in [0.2, 0.25) is 0 Å². The van der Waals surface area contributed by atoms with Crippen LogP contribution in [0.3, 0.4) is 0 Å². The fraction of sp³-hybridized carbons (Fsp3) is 0.125. The van der Waals surface area contributed by atoms with Crippen LogP contribution in [-0.4, -0.2) is 13.0 Å². The molecule has 12 heavy (non-hydrogen) atoms. The van der Waals surface area contributed by atoms with Crippen molar-refractivity contribution in [2.24, 2.45) is 0 Å². The van der Waals surface area contributed by atoms with E-state index in [2.05, 4.69) is 5.32 Å². The molecule has 0 bridgehead atoms. The van der Waals surface area contributed by atoms with Crippen LogP contribution in [-0.2, 0) is 0 Å². The highest BCUT2D eigenvalue weighted by Gasteiger charge is 2.04. The van der Waals surface area contributed by atoms with Crippen LogP contribution in [0, 0.1) is 0 Å². The van der Waals surface area contributed by atoms with Crippen molar-refractivity contribution in [3.63, 3.8) is 0 Å². The molecule has 1 amide bonds. The zero-order valence-electron chi connectivity index (χ0n) is 6.40. The Bertz CT molecular complexity index is 312. The number of halogens is 2. The number of benzene rings is 1. The molecule has 1 aromatic rings. The van der Waals surface area contributed by atoms with Gasteiger partial charge in [-0.25, -0.2) is 0 Å². The summed E-state index contributed by atoms with van der Waals surface area (Å²) in [4.78, 5) is 11.1. The van der Waals surface area contributed by atoms with Gasteiger partial charge in [0, 0.05) is 12.6 Å². The minimum atomic E-state index is -0.173. The average molecular weight is 204 g/mol. The standard InChI is InChI=1S/C8H7Cl2NO/c1-11-8(12)5-2-3-6(9)7(10)4-5/h2-4H,1H3,(H,11,12). The van der Waals surface area contributed by atoms with Crippen molar-refractivity contribution in [2.75, 3.05) is 7.05 Å². The average Bonchev–Trinajstić information content (AvgIpc) is 2.08. The molecule has 0 aromatic heterocycles. The SMILES string of the molecule is CNC(=O)c1ccc(Cl)c(Cl)c1. The van der Waals surface area contributed by atoms with Gasteiger partial charge in [0.05, 0.1) is 10.0 Å². The minimum Gasteiger partial charge on any atom is -0.355 e. The van der Waals surface area contributed by atoms with E-state index < -0.39 is 0 Å². The largest absolute Gasteiger partial charge is 0.355 e. The lowest BCUT2D eigenvalue weighted by atomic mass is 10.2. The maximum atomic E-state index is 11.1. The number of hydrogen-bond donors (Lipinski definition) is 1. The van der Waals surface area contributed by atoms with E-state index in [0.717, 1.165) is 0 Å². The van der Waals surface area contributed by atoms with E-state index in [1.165, 1.54) is 6.07 Å². The Morgan fingerprint density at radius 2 is 2.00 bits per heavy atom. The lowest BCUT2D eigenvalue weighted by Gasteiger charge is -2.00. The fourth-order valence-corrected chi connectivity index (χ4v) is 1.08. The van der Waals surface area contributed by atoms with E-state index in [0.29, 0.717) is 15.6 Å². The molecule has 1 aromatic carbocycles. The van der Waals surface area contributed by atoms with Crippen LogP contribution in [0.15, 0.2) is 18.2 Å². The molecular formula is C8H7Cl2NO. The van der Waals surface area contributed by atoms with Crippen molar-refractivity contribution in [3.8, 4) is 0 Å². The molecule has 2 nitrogen and oxygen atoms in total. The molecule has 4 heteroatoms. The van der Waals surface area contributed by atoms with Crippen LogP contribution < -0.4 is 5.32 Å². The van der Waals surface area contributed by atoms with E-state index in [-0.39, 0.29) is 5.91 Å². The molecule has 64 valence electrons. The minimum absolute atomic E-state index is 0.173. The molecule has 0 fully saturated rings. The molecule has 0 spiro atoms. The normalized spacial score (nSPS) is 9.58. The summed E-state index contributed by atoms with van der Waals surface area (Å²) in [5.41, 5.74) is 0.506. The first-order chi connectivity index (χ1) is 5.65. The highest BCUT2D eigenvalue weighted by molar-refractivity contribution is 6.42. The monoisotopic (exact) mass is 203 g/mol. The summed E-state index contributed by atoms with van der Waals surface area (Å²) in [7, 11) is 1.56. The van der Waals surface area contributed by atoms with Gasteiger partial charge in [-0.3, -0.25) is 4.79 Å². The van der Waals surface area contributed by atoms with E-state index in [4.69, 9.17) is 23.2 Å². The van der Waals surface area contributed by atoms with Crippen LogP contribution in [0.2, 0.25) is 10.0 Å². The zero-order valence-corrected chi connectivity index (χ0v) is 7.91. The van der Waals surface area contributed by atoms with Crippen molar-refractivity contribution in [3.05, 3.63) is 33.8 Å². The predicted molar refractivity (Wildman–Crippen MR) is 49.9 cm³/mol. The lowest BCUT2D eigenvalue weighted by Crippen LogP contribution is -2.17. The van der Waals surface area contributed by atoms with Gasteiger partial charge in [0.15, 0.2) is 0 Å². The van der Waals surface area contributed by atoms with Gasteiger partial charge < -0.3 is 5.32 Å². The van der Waals surface area contributed by atoms with Crippen molar-refractivity contribution in [2.45, 2.75) is 0 Å². The molecule has 0 saturated heterocycles. The Hall–Kier alpha value is -0.730. The van der Waals surface area contributed by atoms with Crippen molar-refractivity contribution >= 4 is 29.1 Å². The molecule has 0 aliphatic heterocycles. The maximum Gasteiger partial charge on any atom is 0.251 e. The first-order valence-corrected chi connectivity index (χ1v) is 4.08. The van der Waals surface area contributed by atoms with E-state index >= 15 is 0 Å². The molecule has 0 heterocycles. The Labute approximate surface area is 80.5 Å². The third-order valence-corrected chi connectivity index (χ3v) is 2.15. The molecule has 0 radical (unpaired) electrons. The van der Waals surface area contributed by atoms with Crippen LogP contribution in [0.1, 0.15) is 10.4 Å². The topological polar surface area (TPSA) is 29.1 Å². The third-order valence-electron chi connectivity index (χ3n) is 1.41. The van der Waals surface area contributed by atoms with Crippen molar-refractivity contribution < 1.29 is 4.79 Å². The summed E-state index contributed by atoms with van der Waals surface area (Å²) in [6.07, 6.45) is 0. The van der Waals surface area contributed by atoms with Gasteiger partial charge in [-0.1, -0.05) is 23.2 Å². The number of amides is 1. The Balaban J connectivity index is 3.05. The summed E-state index contributed by atoms with van der Waals surface area (Å²) in [5.74, 6) is -0.173. The fourth-order valence-electron chi connectivity index (χ4n) is 0.782. The Morgan fingerprint density at radius 3 is 2.50 bits per heavy atom.